The summed E-state index contributed by atoms with van der Waals surface area (Å²) in [5.74, 6) is -1.59. The van der Waals surface area contributed by atoms with E-state index in [4.69, 9.17) is 0 Å². The van der Waals surface area contributed by atoms with Gasteiger partial charge in [0.1, 0.15) is 18.0 Å². The number of nitrogens with one attached hydrogen (secondary N) is 1. The predicted molar refractivity (Wildman–Crippen MR) is 198 cm³/mol. The minimum Gasteiger partial charge on any atom is -0.391 e. The molecule has 0 spiro atoms. The molecule has 2 bridgehead atoms. The number of Topliss-reactive ketones (excluding diaryl/α,β-unsaturated/α-hetero) is 1. The number of β-amino-alcohol motifs (C(OH)–C–C–N with tert-alkyl or cyclic N) is 1. The molecule has 3 aromatic rings. The molecule has 4 fully saturated rings. The van der Waals surface area contributed by atoms with E-state index < -0.39 is 35.4 Å². The molecule has 2 saturated heterocycles. The summed E-state index contributed by atoms with van der Waals surface area (Å²) < 4.78 is 0. The van der Waals surface area contributed by atoms with Crippen LogP contribution >= 0.6 is 0 Å². The summed E-state index contributed by atoms with van der Waals surface area (Å²) in [5.41, 5.74) is 2.49. The Bertz CT molecular complexity index is 1850. The number of hydrogen-bond acceptors (Lipinski definition) is 6. The van der Waals surface area contributed by atoms with Gasteiger partial charge in [0.2, 0.25) is 17.7 Å². The molecule has 2 N–H and O–H groups in total. The molecular weight excluding hydrogens is 640 g/mol. The van der Waals surface area contributed by atoms with Gasteiger partial charge in [0.15, 0.2) is 5.78 Å². The van der Waals surface area contributed by atoms with Crippen molar-refractivity contribution in [3.63, 3.8) is 0 Å². The standard InChI is InChI=1S/C42H52N4O5/c1-26(2)31-12-8-9-13-34(31)44-18-20-45(21-19-44)39(50)33(23-27-14-15-28-10-6-7-11-29(28)22-27)43-38(49)35-24-30(47)25-46(35)40(51)36-32-16-17-42(5,37(36)48)41(32,3)4/h6-15,22,26,30,32-33,35-36,47H,16-21,23-25H2,1-5H3,(H,43,49). The van der Waals surface area contributed by atoms with E-state index in [0.29, 0.717) is 32.1 Å². The van der Waals surface area contributed by atoms with E-state index in [9.17, 15) is 24.3 Å². The van der Waals surface area contributed by atoms with Gasteiger partial charge in [-0.1, -0.05) is 95.3 Å². The van der Waals surface area contributed by atoms with Gasteiger partial charge in [-0.25, -0.2) is 0 Å². The van der Waals surface area contributed by atoms with Crippen LogP contribution in [0.4, 0.5) is 5.69 Å². The lowest BCUT2D eigenvalue weighted by atomic mass is 9.70. The van der Waals surface area contributed by atoms with Crippen LogP contribution in [0.1, 0.15) is 70.9 Å². The summed E-state index contributed by atoms with van der Waals surface area (Å²) in [6, 6.07) is 20.7. The van der Waals surface area contributed by atoms with Crippen LogP contribution in [0.3, 0.4) is 0 Å². The number of hydrogen-bond donors (Lipinski definition) is 2. The molecule has 3 aromatic carbocycles. The van der Waals surface area contributed by atoms with Crippen LogP contribution in [-0.2, 0) is 25.6 Å². The van der Waals surface area contributed by atoms with Gasteiger partial charge in [-0.05, 0) is 58.1 Å². The molecule has 51 heavy (non-hydrogen) atoms. The highest BCUT2D eigenvalue weighted by Gasteiger charge is 2.68. The topological polar surface area (TPSA) is 110 Å². The van der Waals surface area contributed by atoms with E-state index in [-0.39, 0.29) is 48.3 Å². The summed E-state index contributed by atoms with van der Waals surface area (Å²) in [6.07, 6.45) is 1.01. The van der Waals surface area contributed by atoms with Gasteiger partial charge in [0.25, 0.3) is 0 Å². The number of aliphatic hydroxyl groups is 1. The Hall–Kier alpha value is -4.24. The molecule has 0 aromatic heterocycles. The molecule has 0 radical (unpaired) electrons. The van der Waals surface area contributed by atoms with E-state index in [0.717, 1.165) is 29.2 Å². The number of amides is 3. The summed E-state index contributed by atoms with van der Waals surface area (Å²) in [6.45, 7) is 12.9. The summed E-state index contributed by atoms with van der Waals surface area (Å²) in [4.78, 5) is 62.0. The fraction of sp³-hybridized carbons (Fsp3) is 0.524. The largest absolute Gasteiger partial charge is 0.391 e. The number of carbonyl (C=O) groups excluding carboxylic acids is 4. The smallest absolute Gasteiger partial charge is 0.245 e. The van der Waals surface area contributed by atoms with Crippen molar-refractivity contribution in [3.05, 3.63) is 77.9 Å². The van der Waals surface area contributed by atoms with Crippen molar-refractivity contribution < 1.29 is 24.3 Å². The van der Waals surface area contributed by atoms with Crippen LogP contribution in [0.15, 0.2) is 66.7 Å². The second kappa shape index (κ2) is 13.4. The fourth-order valence-corrected chi connectivity index (χ4v) is 9.58. The van der Waals surface area contributed by atoms with Crippen LogP contribution in [0.25, 0.3) is 10.8 Å². The van der Waals surface area contributed by atoms with Crippen LogP contribution in [-0.4, -0.2) is 89.3 Å². The Labute approximate surface area is 301 Å². The van der Waals surface area contributed by atoms with Crippen molar-refractivity contribution >= 4 is 40.0 Å². The summed E-state index contributed by atoms with van der Waals surface area (Å²) in [5, 5.41) is 16.0. The van der Waals surface area contributed by atoms with Crippen molar-refractivity contribution in [2.45, 2.75) is 84.4 Å². The first kappa shape index (κ1) is 35.2. The number of fused-ring (bicyclic) bond motifs is 3. The van der Waals surface area contributed by atoms with Crippen molar-refractivity contribution in [1.29, 1.82) is 0 Å². The molecule has 7 rings (SSSR count). The molecule has 2 aliphatic heterocycles. The minimum atomic E-state index is -0.966. The molecule has 270 valence electrons. The Morgan fingerprint density at radius 3 is 2.29 bits per heavy atom. The predicted octanol–water partition coefficient (Wildman–Crippen LogP) is 4.94. The zero-order valence-corrected chi connectivity index (χ0v) is 30.6. The molecule has 2 saturated carbocycles. The quantitative estimate of drug-likeness (QED) is 0.324. The molecular formula is C42H52N4O5. The number of nitrogens with zero attached hydrogens (tertiary/aromatic N) is 3. The molecule has 2 heterocycles. The van der Waals surface area contributed by atoms with Crippen molar-refractivity contribution in [2.75, 3.05) is 37.6 Å². The van der Waals surface area contributed by atoms with Crippen LogP contribution in [0.2, 0.25) is 0 Å². The summed E-state index contributed by atoms with van der Waals surface area (Å²) in [7, 11) is 0. The van der Waals surface area contributed by atoms with E-state index in [1.807, 2.05) is 48.2 Å². The number of para-hydroxylation sites is 1. The van der Waals surface area contributed by atoms with Gasteiger partial charge >= 0.3 is 0 Å². The lowest BCUT2D eigenvalue weighted by molar-refractivity contribution is -0.148. The average molecular weight is 693 g/mol. The molecule has 9 heteroatoms. The maximum absolute atomic E-state index is 14.4. The number of ketones is 1. The Balaban J connectivity index is 1.11. The van der Waals surface area contributed by atoms with E-state index >= 15 is 0 Å². The first-order valence-electron chi connectivity index (χ1n) is 18.7. The van der Waals surface area contributed by atoms with Crippen molar-refractivity contribution in [2.24, 2.45) is 22.7 Å². The lowest BCUT2D eigenvalue weighted by Gasteiger charge is -2.39. The number of likely N-dealkylation sites (tertiary alicyclic amines) is 1. The normalized spacial score (nSPS) is 27.7. The number of rotatable bonds is 8. The lowest BCUT2D eigenvalue weighted by Crippen LogP contribution is -2.58. The highest BCUT2D eigenvalue weighted by Crippen LogP contribution is 2.66. The van der Waals surface area contributed by atoms with Crippen molar-refractivity contribution in [3.8, 4) is 0 Å². The molecule has 4 aliphatic rings. The SMILES string of the molecule is CC(C)c1ccccc1N1CCN(C(=O)C(Cc2ccc3ccccc3c2)NC(=O)C2CC(O)CN2C(=O)C2C(=O)C3(C)CCC2C3(C)C)CC1. The van der Waals surface area contributed by atoms with Crippen LogP contribution in [0, 0.1) is 22.7 Å². The van der Waals surface area contributed by atoms with Crippen molar-refractivity contribution in [1.82, 2.24) is 15.1 Å². The minimum absolute atomic E-state index is 0.00629. The number of anilines is 1. The van der Waals surface area contributed by atoms with Gasteiger partial charge in [0.05, 0.1) is 6.10 Å². The highest BCUT2D eigenvalue weighted by molar-refractivity contribution is 6.08. The fourth-order valence-electron chi connectivity index (χ4n) is 9.58. The van der Waals surface area contributed by atoms with Gasteiger partial charge in [-0.2, -0.15) is 0 Å². The van der Waals surface area contributed by atoms with Gasteiger partial charge in [-0.15, -0.1) is 0 Å². The molecule has 6 atom stereocenters. The van der Waals surface area contributed by atoms with Gasteiger partial charge in [-0.3, -0.25) is 19.2 Å². The number of carbonyl (C=O) groups is 4. The second-order valence-corrected chi connectivity index (χ2v) is 16.4. The Morgan fingerprint density at radius 1 is 0.922 bits per heavy atom. The number of benzene rings is 3. The van der Waals surface area contributed by atoms with Gasteiger partial charge < -0.3 is 25.1 Å². The zero-order chi connectivity index (χ0) is 36.2. The van der Waals surface area contributed by atoms with E-state index in [2.05, 4.69) is 68.2 Å². The van der Waals surface area contributed by atoms with Gasteiger partial charge in [0, 0.05) is 56.7 Å². The number of aliphatic hydroxyl groups excluding tert-OH is 1. The molecule has 3 amide bonds. The maximum atomic E-state index is 14.4. The first-order valence-corrected chi connectivity index (χ1v) is 18.7. The van der Waals surface area contributed by atoms with Crippen LogP contribution in [0.5, 0.6) is 0 Å². The third kappa shape index (κ3) is 6.11. The first-order chi connectivity index (χ1) is 24.3. The third-order valence-corrected chi connectivity index (χ3v) is 13.0. The third-order valence-electron chi connectivity index (χ3n) is 13.0. The Kier molecular flexibility index (Phi) is 9.23. The van der Waals surface area contributed by atoms with E-state index in [1.54, 1.807) is 0 Å². The summed E-state index contributed by atoms with van der Waals surface area (Å²) >= 11 is 0. The molecule has 2 aliphatic carbocycles. The molecule has 6 unspecified atom stereocenters. The van der Waals surface area contributed by atoms with Crippen LogP contribution < -0.4 is 10.2 Å². The zero-order valence-electron chi connectivity index (χ0n) is 30.6. The molecule has 9 nitrogen and oxygen atoms in total. The highest BCUT2D eigenvalue weighted by atomic mass is 16.3. The Morgan fingerprint density at radius 2 is 1.61 bits per heavy atom. The average Bonchev–Trinajstić information content (AvgIpc) is 3.68. The van der Waals surface area contributed by atoms with E-state index in [1.165, 1.54) is 16.2 Å². The monoisotopic (exact) mass is 692 g/mol. The maximum Gasteiger partial charge on any atom is 0.245 e. The number of piperazine rings is 1. The second-order valence-electron chi connectivity index (χ2n) is 16.4.